The number of rotatable bonds is 4. The molecule has 2 aromatic heterocycles. The summed E-state index contributed by atoms with van der Waals surface area (Å²) < 4.78 is 6.78. The molecule has 0 spiro atoms. The molecule has 0 amide bonds. The van der Waals surface area contributed by atoms with Crippen molar-refractivity contribution in [3.8, 4) is 22.1 Å². The molecule has 2 heterocycles. The van der Waals surface area contributed by atoms with Crippen LogP contribution in [0.3, 0.4) is 0 Å². The first-order valence-corrected chi connectivity index (χ1v) is 6.81. The van der Waals surface area contributed by atoms with Gasteiger partial charge in [-0.15, -0.1) is 16.4 Å². The van der Waals surface area contributed by atoms with Crippen molar-refractivity contribution >= 4 is 11.3 Å². The molecule has 0 aliphatic rings. The van der Waals surface area contributed by atoms with Crippen molar-refractivity contribution in [2.24, 2.45) is 0 Å². The molecule has 0 radical (unpaired) electrons. The van der Waals surface area contributed by atoms with Gasteiger partial charge in [0.2, 0.25) is 5.13 Å². The summed E-state index contributed by atoms with van der Waals surface area (Å²) in [6.45, 7) is -0.174. The van der Waals surface area contributed by atoms with E-state index in [0.717, 1.165) is 17.0 Å². The van der Waals surface area contributed by atoms with E-state index in [0.29, 0.717) is 10.8 Å². The predicted octanol–water partition coefficient (Wildman–Crippen LogP) is 1.89. The number of benzene rings is 1. The van der Waals surface area contributed by atoms with Gasteiger partial charge in [0.1, 0.15) is 17.1 Å². The van der Waals surface area contributed by atoms with Gasteiger partial charge in [-0.1, -0.05) is 5.21 Å². The number of hydrogen-bond donors (Lipinski definition) is 1. The van der Waals surface area contributed by atoms with Gasteiger partial charge in [0.25, 0.3) is 0 Å². The molecule has 6 nitrogen and oxygen atoms in total. The minimum absolute atomic E-state index is 0.174. The van der Waals surface area contributed by atoms with E-state index in [1.807, 2.05) is 29.6 Å². The van der Waals surface area contributed by atoms with Gasteiger partial charge in [0.05, 0.1) is 13.7 Å². The van der Waals surface area contributed by atoms with E-state index in [1.54, 1.807) is 18.0 Å². The second-order valence-electron chi connectivity index (χ2n) is 4.00. The summed E-state index contributed by atoms with van der Waals surface area (Å²) in [4.78, 5) is 4.23. The zero-order chi connectivity index (χ0) is 13.9. The van der Waals surface area contributed by atoms with E-state index in [2.05, 4.69) is 15.3 Å². The van der Waals surface area contributed by atoms with E-state index in [4.69, 9.17) is 4.74 Å². The Morgan fingerprint density at radius 3 is 2.70 bits per heavy atom. The lowest BCUT2D eigenvalue weighted by atomic mass is 10.1. The number of nitrogens with zero attached hydrogens (tertiary/aromatic N) is 4. The van der Waals surface area contributed by atoms with Crippen molar-refractivity contribution in [1.29, 1.82) is 0 Å². The van der Waals surface area contributed by atoms with Gasteiger partial charge in [0, 0.05) is 17.1 Å². The number of ether oxygens (including phenoxy) is 1. The van der Waals surface area contributed by atoms with E-state index in [1.165, 1.54) is 11.3 Å². The maximum Gasteiger partial charge on any atom is 0.212 e. The molecule has 0 atom stereocenters. The van der Waals surface area contributed by atoms with E-state index < -0.39 is 0 Å². The summed E-state index contributed by atoms with van der Waals surface area (Å²) in [6, 6.07) is 7.52. The molecular weight excluding hydrogens is 276 g/mol. The van der Waals surface area contributed by atoms with Crippen LogP contribution in [0.25, 0.3) is 16.4 Å². The topological polar surface area (TPSA) is 73.1 Å². The number of thiazole rings is 1. The lowest BCUT2D eigenvalue weighted by Gasteiger charge is -2.06. The molecule has 0 unspecified atom stereocenters. The molecule has 0 aliphatic heterocycles. The summed E-state index contributed by atoms with van der Waals surface area (Å²) in [5.74, 6) is 0.771. The van der Waals surface area contributed by atoms with Gasteiger partial charge >= 0.3 is 0 Å². The van der Waals surface area contributed by atoms with Crippen LogP contribution in [0.5, 0.6) is 5.75 Å². The highest BCUT2D eigenvalue weighted by Gasteiger charge is 2.17. The van der Waals surface area contributed by atoms with Crippen LogP contribution in [0.2, 0.25) is 0 Å². The van der Waals surface area contributed by atoms with Crippen molar-refractivity contribution in [2.75, 3.05) is 7.11 Å². The fourth-order valence-corrected chi connectivity index (χ4v) is 2.50. The maximum atomic E-state index is 9.43. The van der Waals surface area contributed by atoms with Gasteiger partial charge in [0.15, 0.2) is 0 Å². The first-order valence-electron chi connectivity index (χ1n) is 5.93. The molecule has 1 aromatic carbocycles. The molecule has 1 N–H and O–H groups in total. The third kappa shape index (κ3) is 2.17. The smallest absolute Gasteiger partial charge is 0.212 e. The highest BCUT2D eigenvalue weighted by Crippen LogP contribution is 2.27. The van der Waals surface area contributed by atoms with E-state index >= 15 is 0 Å². The molecule has 0 aliphatic carbocycles. The van der Waals surface area contributed by atoms with E-state index in [9.17, 15) is 5.11 Å². The number of aromatic nitrogens is 4. The summed E-state index contributed by atoms with van der Waals surface area (Å²) in [6.07, 6.45) is 1.71. The minimum Gasteiger partial charge on any atom is -0.497 e. The fourth-order valence-electron chi connectivity index (χ4n) is 1.91. The summed E-state index contributed by atoms with van der Waals surface area (Å²) in [7, 11) is 1.62. The average molecular weight is 288 g/mol. The van der Waals surface area contributed by atoms with Crippen LogP contribution in [0.4, 0.5) is 0 Å². The van der Waals surface area contributed by atoms with Crippen molar-refractivity contribution in [3.63, 3.8) is 0 Å². The maximum absolute atomic E-state index is 9.43. The van der Waals surface area contributed by atoms with Crippen molar-refractivity contribution in [1.82, 2.24) is 20.0 Å². The quantitative estimate of drug-likeness (QED) is 0.793. The van der Waals surface area contributed by atoms with Crippen LogP contribution in [-0.2, 0) is 6.61 Å². The Bertz CT molecular complexity index is 692. The van der Waals surface area contributed by atoms with Crippen LogP contribution in [0.1, 0.15) is 5.69 Å². The molecule has 3 aromatic rings. The van der Waals surface area contributed by atoms with Crippen molar-refractivity contribution in [2.45, 2.75) is 6.61 Å². The lowest BCUT2D eigenvalue weighted by molar-refractivity contribution is 0.277. The SMILES string of the molecule is COc1ccc(-c2c(CO)nnn2-c2nccs2)cc1. The molecular formula is C13H12N4O2S. The first kappa shape index (κ1) is 12.8. The van der Waals surface area contributed by atoms with E-state index in [-0.39, 0.29) is 6.61 Å². The normalized spacial score (nSPS) is 10.7. The summed E-state index contributed by atoms with van der Waals surface area (Å²) >= 11 is 1.46. The molecule has 7 heteroatoms. The molecule has 0 fully saturated rings. The number of aliphatic hydroxyl groups is 1. The monoisotopic (exact) mass is 288 g/mol. The van der Waals surface area contributed by atoms with Crippen LogP contribution in [0, 0.1) is 0 Å². The number of hydrogen-bond acceptors (Lipinski definition) is 6. The Labute approximate surface area is 119 Å². The fraction of sp³-hybridized carbons (Fsp3) is 0.154. The van der Waals surface area contributed by atoms with Crippen molar-refractivity contribution < 1.29 is 9.84 Å². The molecule has 0 saturated carbocycles. The second kappa shape index (κ2) is 5.40. The Morgan fingerprint density at radius 2 is 2.10 bits per heavy atom. The highest BCUT2D eigenvalue weighted by molar-refractivity contribution is 7.12. The van der Waals surface area contributed by atoms with Crippen LogP contribution in [0.15, 0.2) is 35.8 Å². The van der Waals surface area contributed by atoms with Gasteiger partial charge in [-0.25, -0.2) is 4.98 Å². The predicted molar refractivity (Wildman–Crippen MR) is 74.9 cm³/mol. The Balaban J connectivity index is 2.13. The molecule has 0 saturated heterocycles. The third-order valence-corrected chi connectivity index (χ3v) is 3.60. The first-order chi connectivity index (χ1) is 9.83. The number of aliphatic hydroxyl groups excluding tert-OH is 1. The second-order valence-corrected chi connectivity index (χ2v) is 4.87. The summed E-state index contributed by atoms with van der Waals surface area (Å²) in [5, 5.41) is 20.1. The Morgan fingerprint density at radius 1 is 1.30 bits per heavy atom. The van der Waals surface area contributed by atoms with Gasteiger partial charge < -0.3 is 9.84 Å². The standard InChI is InChI=1S/C13H12N4O2S/c1-19-10-4-2-9(3-5-10)12-11(8-18)15-16-17(12)13-14-6-7-20-13/h2-7,18H,8H2,1H3. The molecule has 0 bridgehead atoms. The van der Waals surface area contributed by atoms with Crippen LogP contribution < -0.4 is 4.74 Å². The molecule has 3 rings (SSSR count). The Hall–Kier alpha value is -2.25. The average Bonchev–Trinajstić information content (AvgIpc) is 3.15. The van der Waals surface area contributed by atoms with Crippen LogP contribution in [-0.4, -0.2) is 32.2 Å². The zero-order valence-electron chi connectivity index (χ0n) is 10.7. The highest BCUT2D eigenvalue weighted by atomic mass is 32.1. The minimum atomic E-state index is -0.174. The van der Waals surface area contributed by atoms with Gasteiger partial charge in [-0.3, -0.25) is 0 Å². The molecule has 20 heavy (non-hydrogen) atoms. The van der Waals surface area contributed by atoms with Crippen LogP contribution >= 0.6 is 11.3 Å². The molecule has 102 valence electrons. The van der Waals surface area contributed by atoms with Crippen molar-refractivity contribution in [3.05, 3.63) is 41.5 Å². The summed E-state index contributed by atoms with van der Waals surface area (Å²) in [5.41, 5.74) is 2.16. The Kier molecular flexibility index (Phi) is 3.44. The zero-order valence-corrected chi connectivity index (χ0v) is 11.5. The largest absolute Gasteiger partial charge is 0.497 e. The number of methoxy groups -OCH3 is 1. The van der Waals surface area contributed by atoms with Gasteiger partial charge in [-0.2, -0.15) is 4.68 Å². The lowest BCUT2D eigenvalue weighted by Crippen LogP contribution is -1.99. The van der Waals surface area contributed by atoms with Gasteiger partial charge in [-0.05, 0) is 24.3 Å². The third-order valence-electron chi connectivity index (χ3n) is 2.85.